The van der Waals surface area contributed by atoms with Gasteiger partial charge in [-0.2, -0.15) is 8.78 Å². The first-order chi connectivity index (χ1) is 12.0. The molecular formula is C19H16F2N2O2. The van der Waals surface area contributed by atoms with Crippen LogP contribution in [0.4, 0.5) is 8.78 Å². The molecule has 2 aromatic carbocycles. The van der Waals surface area contributed by atoms with E-state index >= 15 is 0 Å². The third-order valence-electron chi connectivity index (χ3n) is 3.73. The summed E-state index contributed by atoms with van der Waals surface area (Å²) in [5, 5.41) is 0.969. The lowest BCUT2D eigenvalue weighted by Gasteiger charge is -2.17. The molecule has 3 aromatic rings. The first kappa shape index (κ1) is 16.8. The predicted octanol–water partition coefficient (Wildman–Crippen LogP) is 4.11. The lowest BCUT2D eigenvalue weighted by atomic mass is 10.2. The number of hydrogen-bond donors (Lipinski definition) is 0. The highest BCUT2D eigenvalue weighted by Gasteiger charge is 2.14. The molecule has 1 aromatic heterocycles. The molecule has 0 fully saturated rings. The quantitative estimate of drug-likeness (QED) is 0.701. The molecule has 0 N–H and O–H groups in total. The largest absolute Gasteiger partial charge is 0.435 e. The zero-order chi connectivity index (χ0) is 17.8. The van der Waals surface area contributed by atoms with Gasteiger partial charge in [-0.15, -0.1) is 0 Å². The standard InChI is InChI=1S/C19H16F2N2O2/c1-23(12-13-6-9-15(10-7-13)25-19(20)21)18(24)17-11-8-14-4-2-3-5-16(14)22-17/h2-11,19H,12H2,1H3. The van der Waals surface area contributed by atoms with Crippen molar-refractivity contribution in [1.29, 1.82) is 0 Å². The summed E-state index contributed by atoms with van der Waals surface area (Å²) in [5.74, 6) is -0.123. The summed E-state index contributed by atoms with van der Waals surface area (Å²) >= 11 is 0. The number of carbonyl (C=O) groups excluding carboxylic acids is 1. The van der Waals surface area contributed by atoms with Crippen LogP contribution in [0, 0.1) is 0 Å². The molecule has 0 radical (unpaired) electrons. The van der Waals surface area contributed by atoms with E-state index in [1.54, 1.807) is 25.2 Å². The summed E-state index contributed by atoms with van der Waals surface area (Å²) < 4.78 is 28.6. The molecule has 0 spiro atoms. The van der Waals surface area contributed by atoms with Crippen LogP contribution in [-0.4, -0.2) is 29.5 Å². The number of benzene rings is 2. The smallest absolute Gasteiger partial charge is 0.387 e. The van der Waals surface area contributed by atoms with E-state index in [9.17, 15) is 13.6 Å². The maximum absolute atomic E-state index is 12.5. The number of carbonyl (C=O) groups is 1. The topological polar surface area (TPSA) is 42.4 Å². The molecule has 1 amide bonds. The lowest BCUT2D eigenvalue weighted by molar-refractivity contribution is -0.0498. The SMILES string of the molecule is CN(Cc1ccc(OC(F)F)cc1)C(=O)c1ccc2ccccc2n1. The van der Waals surface area contributed by atoms with E-state index in [0.29, 0.717) is 12.2 Å². The molecular weight excluding hydrogens is 326 g/mol. The third-order valence-corrected chi connectivity index (χ3v) is 3.73. The molecule has 0 saturated carbocycles. The Morgan fingerprint density at radius 3 is 2.52 bits per heavy atom. The number of alkyl halides is 2. The van der Waals surface area contributed by atoms with E-state index in [1.807, 2.05) is 30.3 Å². The number of nitrogens with zero attached hydrogens (tertiary/aromatic N) is 2. The van der Waals surface area contributed by atoms with Gasteiger partial charge in [-0.1, -0.05) is 36.4 Å². The van der Waals surface area contributed by atoms with Crippen LogP contribution >= 0.6 is 0 Å². The van der Waals surface area contributed by atoms with Gasteiger partial charge in [0.2, 0.25) is 0 Å². The van der Waals surface area contributed by atoms with E-state index in [4.69, 9.17) is 0 Å². The highest BCUT2D eigenvalue weighted by atomic mass is 19.3. The van der Waals surface area contributed by atoms with Gasteiger partial charge in [-0.05, 0) is 29.8 Å². The van der Waals surface area contributed by atoms with Gasteiger partial charge in [0.15, 0.2) is 0 Å². The van der Waals surface area contributed by atoms with Crippen molar-refractivity contribution in [3.8, 4) is 5.75 Å². The van der Waals surface area contributed by atoms with E-state index in [-0.39, 0.29) is 11.7 Å². The molecule has 3 rings (SSSR count). The lowest BCUT2D eigenvalue weighted by Crippen LogP contribution is -2.27. The molecule has 0 aliphatic rings. The first-order valence-corrected chi connectivity index (χ1v) is 7.68. The van der Waals surface area contributed by atoms with Crippen molar-refractivity contribution in [2.75, 3.05) is 7.05 Å². The van der Waals surface area contributed by atoms with Gasteiger partial charge >= 0.3 is 6.61 Å². The summed E-state index contributed by atoms with van der Waals surface area (Å²) in [5.41, 5.74) is 1.92. The van der Waals surface area contributed by atoms with Gasteiger partial charge in [-0.25, -0.2) is 4.98 Å². The number of amides is 1. The van der Waals surface area contributed by atoms with Crippen molar-refractivity contribution in [2.24, 2.45) is 0 Å². The molecule has 25 heavy (non-hydrogen) atoms. The summed E-state index contributed by atoms with van der Waals surface area (Å²) in [6, 6.07) is 17.3. The van der Waals surface area contributed by atoms with Crippen LogP contribution < -0.4 is 4.74 Å². The Bertz CT molecular complexity index is 882. The van der Waals surface area contributed by atoms with Crippen LogP contribution in [0.2, 0.25) is 0 Å². The van der Waals surface area contributed by atoms with Crippen LogP contribution in [0.1, 0.15) is 16.1 Å². The summed E-state index contributed by atoms with van der Waals surface area (Å²) in [7, 11) is 1.67. The zero-order valence-electron chi connectivity index (χ0n) is 13.5. The van der Waals surface area contributed by atoms with Gasteiger partial charge in [0.05, 0.1) is 5.52 Å². The summed E-state index contributed by atoms with van der Waals surface area (Å²) in [6.07, 6.45) is 0. The van der Waals surface area contributed by atoms with Crippen LogP contribution in [0.5, 0.6) is 5.75 Å². The number of ether oxygens (including phenoxy) is 1. The van der Waals surface area contributed by atoms with E-state index < -0.39 is 6.61 Å². The molecule has 4 nitrogen and oxygen atoms in total. The number of aromatic nitrogens is 1. The Balaban J connectivity index is 1.71. The second kappa shape index (κ2) is 7.25. The fourth-order valence-corrected chi connectivity index (χ4v) is 2.50. The number of pyridine rings is 1. The van der Waals surface area contributed by atoms with Crippen molar-refractivity contribution in [2.45, 2.75) is 13.2 Å². The van der Waals surface area contributed by atoms with Gasteiger partial charge in [0.25, 0.3) is 5.91 Å². The average molecular weight is 342 g/mol. The van der Waals surface area contributed by atoms with Crippen LogP contribution in [-0.2, 0) is 6.54 Å². The first-order valence-electron chi connectivity index (χ1n) is 7.68. The Morgan fingerprint density at radius 1 is 1.08 bits per heavy atom. The summed E-state index contributed by atoms with van der Waals surface area (Å²) in [6.45, 7) is -2.52. The van der Waals surface area contributed by atoms with Gasteiger partial charge in [0, 0.05) is 19.0 Å². The van der Waals surface area contributed by atoms with E-state index in [0.717, 1.165) is 16.5 Å². The van der Waals surface area contributed by atoms with Gasteiger partial charge < -0.3 is 9.64 Å². The third kappa shape index (κ3) is 4.09. The highest BCUT2D eigenvalue weighted by Crippen LogP contribution is 2.17. The van der Waals surface area contributed by atoms with Gasteiger partial charge in [-0.3, -0.25) is 4.79 Å². The van der Waals surface area contributed by atoms with Crippen molar-refractivity contribution in [3.63, 3.8) is 0 Å². The molecule has 128 valence electrons. The molecule has 0 unspecified atom stereocenters. The Labute approximate surface area is 143 Å². The fraction of sp³-hybridized carbons (Fsp3) is 0.158. The number of hydrogen-bond acceptors (Lipinski definition) is 3. The second-order valence-corrected chi connectivity index (χ2v) is 5.57. The number of para-hydroxylation sites is 1. The molecule has 0 atom stereocenters. The number of fused-ring (bicyclic) bond motifs is 1. The monoisotopic (exact) mass is 342 g/mol. The number of halogens is 2. The van der Waals surface area contributed by atoms with E-state index in [1.165, 1.54) is 17.0 Å². The van der Waals surface area contributed by atoms with Crippen LogP contribution in [0.25, 0.3) is 10.9 Å². The van der Waals surface area contributed by atoms with E-state index in [2.05, 4.69) is 9.72 Å². The minimum atomic E-state index is -2.85. The maximum Gasteiger partial charge on any atom is 0.387 e. The molecule has 0 bridgehead atoms. The molecule has 0 saturated heterocycles. The van der Waals surface area contributed by atoms with Crippen molar-refractivity contribution < 1.29 is 18.3 Å². The van der Waals surface area contributed by atoms with Crippen molar-refractivity contribution >= 4 is 16.8 Å². The minimum absolute atomic E-state index is 0.0870. The molecule has 6 heteroatoms. The predicted molar refractivity (Wildman–Crippen MR) is 90.6 cm³/mol. The highest BCUT2D eigenvalue weighted by molar-refractivity contribution is 5.94. The maximum atomic E-state index is 12.5. The van der Waals surface area contributed by atoms with Crippen molar-refractivity contribution in [1.82, 2.24) is 9.88 Å². The zero-order valence-corrected chi connectivity index (χ0v) is 13.5. The molecule has 1 heterocycles. The molecule has 0 aliphatic heterocycles. The Hall–Kier alpha value is -3.02. The number of rotatable bonds is 5. The van der Waals surface area contributed by atoms with Gasteiger partial charge in [0.1, 0.15) is 11.4 Å². The second-order valence-electron chi connectivity index (χ2n) is 5.57. The Kier molecular flexibility index (Phi) is 4.88. The average Bonchev–Trinajstić information content (AvgIpc) is 2.62. The van der Waals surface area contributed by atoms with Crippen LogP contribution in [0.15, 0.2) is 60.7 Å². The molecule has 0 aliphatic carbocycles. The normalized spacial score (nSPS) is 10.9. The van der Waals surface area contributed by atoms with Crippen molar-refractivity contribution in [3.05, 3.63) is 71.9 Å². The summed E-state index contributed by atoms with van der Waals surface area (Å²) in [4.78, 5) is 18.5. The Morgan fingerprint density at radius 2 is 1.80 bits per heavy atom. The van der Waals surface area contributed by atoms with Crippen LogP contribution in [0.3, 0.4) is 0 Å². The fourth-order valence-electron chi connectivity index (χ4n) is 2.50. The minimum Gasteiger partial charge on any atom is -0.435 e.